The molecule has 1 aliphatic rings. The van der Waals surface area contributed by atoms with Crippen LogP contribution in [0.3, 0.4) is 0 Å². The number of aromatic amines is 1. The number of rotatable bonds is 5. The van der Waals surface area contributed by atoms with E-state index < -0.39 is 11.2 Å². The Kier molecular flexibility index (Phi) is 4.72. The van der Waals surface area contributed by atoms with E-state index >= 15 is 0 Å². The molecule has 3 heterocycles. The molecule has 9 nitrogen and oxygen atoms in total. The maximum absolute atomic E-state index is 11.9. The molecule has 0 unspecified atom stereocenters. The highest BCUT2D eigenvalue weighted by atomic mass is 16.6. The second kappa shape index (κ2) is 7.34. The summed E-state index contributed by atoms with van der Waals surface area (Å²) in [6.45, 7) is 5.47. The van der Waals surface area contributed by atoms with Crippen molar-refractivity contribution in [2.45, 2.75) is 32.7 Å². The number of H-pyrrole nitrogens is 1. The van der Waals surface area contributed by atoms with Crippen molar-refractivity contribution >= 4 is 0 Å². The maximum atomic E-state index is 11.9. The van der Waals surface area contributed by atoms with Crippen molar-refractivity contribution in [1.29, 1.82) is 0 Å². The molecule has 9 heteroatoms. The van der Waals surface area contributed by atoms with Crippen molar-refractivity contribution in [3.8, 4) is 17.2 Å². The number of nitrogens with zero attached hydrogens (tertiary/aromatic N) is 4. The zero-order valence-corrected chi connectivity index (χ0v) is 15.7. The summed E-state index contributed by atoms with van der Waals surface area (Å²) in [6.07, 6.45) is 1.95. The van der Waals surface area contributed by atoms with E-state index in [9.17, 15) is 9.59 Å². The second-order valence-electron chi connectivity index (χ2n) is 6.83. The quantitative estimate of drug-likeness (QED) is 0.711. The van der Waals surface area contributed by atoms with E-state index in [0.717, 1.165) is 17.3 Å². The van der Waals surface area contributed by atoms with Crippen LogP contribution in [0.25, 0.3) is 5.69 Å². The first-order chi connectivity index (χ1) is 13.5. The van der Waals surface area contributed by atoms with E-state index in [1.165, 1.54) is 16.8 Å². The van der Waals surface area contributed by atoms with Gasteiger partial charge in [0.15, 0.2) is 17.3 Å². The van der Waals surface area contributed by atoms with Crippen LogP contribution in [0.5, 0.6) is 11.5 Å². The van der Waals surface area contributed by atoms with Gasteiger partial charge < -0.3 is 14.0 Å². The fourth-order valence-electron chi connectivity index (χ4n) is 2.98. The van der Waals surface area contributed by atoms with Gasteiger partial charge in [-0.05, 0) is 12.1 Å². The number of aromatic nitrogens is 5. The van der Waals surface area contributed by atoms with Crippen molar-refractivity contribution in [1.82, 2.24) is 24.3 Å². The molecule has 0 spiro atoms. The SMILES string of the molecule is CC(C)c1nc(CCn2ccc(=O)[nH]c2=O)n(-c2ccc3c(c2)OCCO3)n1. The van der Waals surface area contributed by atoms with Gasteiger partial charge in [-0.25, -0.2) is 14.5 Å². The number of hydrogen-bond acceptors (Lipinski definition) is 6. The lowest BCUT2D eigenvalue weighted by Crippen LogP contribution is -2.29. The van der Waals surface area contributed by atoms with Crippen LogP contribution in [0.4, 0.5) is 0 Å². The minimum Gasteiger partial charge on any atom is -0.486 e. The number of aryl methyl sites for hydroxylation is 2. The van der Waals surface area contributed by atoms with Crippen LogP contribution in [0, 0.1) is 0 Å². The lowest BCUT2D eigenvalue weighted by Gasteiger charge is -2.19. The summed E-state index contributed by atoms with van der Waals surface area (Å²) in [5, 5.41) is 4.64. The highest BCUT2D eigenvalue weighted by Gasteiger charge is 2.17. The Morgan fingerprint density at radius 1 is 1.14 bits per heavy atom. The Hall–Kier alpha value is -3.36. The minimum absolute atomic E-state index is 0.160. The van der Waals surface area contributed by atoms with Crippen molar-refractivity contribution in [3.05, 3.63) is 62.9 Å². The monoisotopic (exact) mass is 383 g/mol. The van der Waals surface area contributed by atoms with E-state index in [1.807, 2.05) is 32.0 Å². The van der Waals surface area contributed by atoms with E-state index in [4.69, 9.17) is 9.47 Å². The molecule has 0 aliphatic carbocycles. The first-order valence-corrected chi connectivity index (χ1v) is 9.17. The molecule has 2 aromatic heterocycles. The van der Waals surface area contributed by atoms with Crippen LogP contribution >= 0.6 is 0 Å². The normalized spacial score (nSPS) is 13.1. The smallest absolute Gasteiger partial charge is 0.328 e. The molecule has 28 heavy (non-hydrogen) atoms. The van der Waals surface area contributed by atoms with Crippen LogP contribution in [-0.4, -0.2) is 37.5 Å². The van der Waals surface area contributed by atoms with Gasteiger partial charge in [0.05, 0.1) is 5.69 Å². The summed E-state index contributed by atoms with van der Waals surface area (Å²) in [5.41, 5.74) is -0.0442. The molecule has 3 aromatic rings. The molecule has 1 N–H and O–H groups in total. The van der Waals surface area contributed by atoms with Gasteiger partial charge in [0.2, 0.25) is 0 Å². The lowest BCUT2D eigenvalue weighted by atomic mass is 10.2. The van der Waals surface area contributed by atoms with Gasteiger partial charge in [0.25, 0.3) is 5.56 Å². The van der Waals surface area contributed by atoms with Crippen LogP contribution in [0.15, 0.2) is 40.1 Å². The van der Waals surface area contributed by atoms with Crippen molar-refractivity contribution < 1.29 is 9.47 Å². The first-order valence-electron chi connectivity index (χ1n) is 9.17. The molecular formula is C19H21N5O4. The Labute approximate surface area is 160 Å². The molecule has 146 valence electrons. The summed E-state index contributed by atoms with van der Waals surface area (Å²) < 4.78 is 14.5. The standard InChI is InChI=1S/C19H21N5O4/c1-12(2)18-20-16(5-7-23-8-6-17(25)21-19(23)26)24(22-18)13-3-4-14-15(11-13)28-10-9-27-14/h3-4,6,8,11-12H,5,7,9-10H2,1-2H3,(H,21,25,26). The largest absolute Gasteiger partial charge is 0.486 e. The fraction of sp³-hybridized carbons (Fsp3) is 0.368. The Bertz CT molecular complexity index is 1110. The maximum Gasteiger partial charge on any atom is 0.328 e. The summed E-state index contributed by atoms with van der Waals surface area (Å²) in [7, 11) is 0. The number of nitrogens with one attached hydrogen (secondary N) is 1. The van der Waals surface area contributed by atoms with E-state index in [2.05, 4.69) is 15.1 Å². The van der Waals surface area contributed by atoms with Crippen molar-refractivity contribution in [2.24, 2.45) is 0 Å². The van der Waals surface area contributed by atoms with Crippen LogP contribution in [0.1, 0.15) is 31.4 Å². The highest BCUT2D eigenvalue weighted by molar-refractivity contribution is 5.49. The Morgan fingerprint density at radius 2 is 1.93 bits per heavy atom. The van der Waals surface area contributed by atoms with Crippen LogP contribution in [0.2, 0.25) is 0 Å². The predicted octanol–water partition coefficient (Wildman–Crippen LogP) is 1.25. The number of benzene rings is 1. The summed E-state index contributed by atoms with van der Waals surface area (Å²) in [5.74, 6) is 2.99. The van der Waals surface area contributed by atoms with Gasteiger partial charge in [-0.2, -0.15) is 5.10 Å². The molecule has 0 bridgehead atoms. The molecule has 0 atom stereocenters. The average Bonchev–Trinajstić information content (AvgIpc) is 3.11. The Morgan fingerprint density at radius 3 is 2.68 bits per heavy atom. The zero-order valence-electron chi connectivity index (χ0n) is 15.7. The first kappa shape index (κ1) is 18.0. The van der Waals surface area contributed by atoms with Crippen molar-refractivity contribution in [3.63, 3.8) is 0 Å². The molecule has 4 rings (SSSR count). The topological polar surface area (TPSA) is 104 Å². The zero-order chi connectivity index (χ0) is 19.7. The second-order valence-corrected chi connectivity index (χ2v) is 6.83. The van der Waals surface area contributed by atoms with E-state index in [1.54, 1.807) is 4.68 Å². The van der Waals surface area contributed by atoms with Crippen LogP contribution in [-0.2, 0) is 13.0 Å². The Balaban J connectivity index is 1.67. The molecule has 0 amide bonds. The van der Waals surface area contributed by atoms with Gasteiger partial charge in [-0.3, -0.25) is 9.78 Å². The fourth-order valence-corrected chi connectivity index (χ4v) is 2.98. The van der Waals surface area contributed by atoms with Crippen molar-refractivity contribution in [2.75, 3.05) is 13.2 Å². The van der Waals surface area contributed by atoms with Gasteiger partial charge in [-0.1, -0.05) is 13.8 Å². The minimum atomic E-state index is -0.443. The number of ether oxygens (including phenoxy) is 2. The molecule has 1 aliphatic heterocycles. The van der Waals surface area contributed by atoms with Gasteiger partial charge in [0.1, 0.15) is 19.0 Å². The summed E-state index contributed by atoms with van der Waals surface area (Å²) in [4.78, 5) is 30.1. The predicted molar refractivity (Wildman–Crippen MR) is 101 cm³/mol. The van der Waals surface area contributed by atoms with Gasteiger partial charge in [0, 0.05) is 37.2 Å². The molecule has 0 saturated carbocycles. The molecular weight excluding hydrogens is 362 g/mol. The van der Waals surface area contributed by atoms with Crippen LogP contribution < -0.4 is 20.7 Å². The number of hydrogen-bond donors (Lipinski definition) is 1. The lowest BCUT2D eigenvalue weighted by molar-refractivity contribution is 0.171. The molecule has 0 saturated heterocycles. The molecule has 0 radical (unpaired) electrons. The van der Waals surface area contributed by atoms with Gasteiger partial charge >= 0.3 is 5.69 Å². The number of fused-ring (bicyclic) bond motifs is 1. The summed E-state index contributed by atoms with van der Waals surface area (Å²) >= 11 is 0. The van der Waals surface area contributed by atoms with E-state index in [0.29, 0.717) is 37.7 Å². The molecule has 0 fully saturated rings. The molecule has 1 aromatic carbocycles. The van der Waals surface area contributed by atoms with E-state index in [-0.39, 0.29) is 5.92 Å². The summed E-state index contributed by atoms with van der Waals surface area (Å²) in [6, 6.07) is 6.97. The third-order valence-corrected chi connectivity index (χ3v) is 4.45. The third-order valence-electron chi connectivity index (χ3n) is 4.45. The highest BCUT2D eigenvalue weighted by Crippen LogP contribution is 2.32. The van der Waals surface area contributed by atoms with Gasteiger partial charge in [-0.15, -0.1) is 0 Å². The third kappa shape index (κ3) is 3.55. The average molecular weight is 383 g/mol.